The highest BCUT2D eigenvalue weighted by molar-refractivity contribution is 7.86. The molecule has 21 heavy (non-hydrogen) atoms. The summed E-state index contributed by atoms with van der Waals surface area (Å²) >= 11 is 6.10. The Kier molecular flexibility index (Phi) is 4.57. The van der Waals surface area contributed by atoms with Crippen LogP contribution < -0.4 is 4.90 Å². The van der Waals surface area contributed by atoms with Gasteiger partial charge in [-0.15, -0.1) is 0 Å². The number of carbonyl (C=O) groups is 1. The highest BCUT2D eigenvalue weighted by Gasteiger charge is 2.40. The third-order valence-corrected chi connectivity index (χ3v) is 5.81. The van der Waals surface area contributed by atoms with Crippen molar-refractivity contribution in [2.75, 3.05) is 32.6 Å². The summed E-state index contributed by atoms with van der Waals surface area (Å²) in [6, 6.07) is 6.34. The minimum Gasteiger partial charge on any atom is -0.309 e. The molecule has 1 saturated heterocycles. The van der Waals surface area contributed by atoms with Crippen molar-refractivity contribution in [3.63, 3.8) is 0 Å². The van der Waals surface area contributed by atoms with Crippen molar-refractivity contribution in [1.82, 2.24) is 8.61 Å². The number of nitrogens with zero attached hydrogens (tertiary/aromatic N) is 3. The summed E-state index contributed by atoms with van der Waals surface area (Å²) in [5.41, 5.74) is 0.613. The molecular formula is C13H18ClN3O3S. The Labute approximate surface area is 130 Å². The Morgan fingerprint density at radius 3 is 2.43 bits per heavy atom. The van der Waals surface area contributed by atoms with Gasteiger partial charge in [0, 0.05) is 27.7 Å². The van der Waals surface area contributed by atoms with Crippen molar-refractivity contribution >= 4 is 33.4 Å². The molecule has 0 radical (unpaired) electrons. The molecule has 0 aromatic heterocycles. The molecule has 1 atom stereocenters. The van der Waals surface area contributed by atoms with Crippen LogP contribution in [-0.4, -0.2) is 56.7 Å². The predicted molar refractivity (Wildman–Crippen MR) is 82.6 cm³/mol. The van der Waals surface area contributed by atoms with E-state index in [4.69, 9.17) is 11.6 Å². The average Bonchev–Trinajstić information content (AvgIpc) is 2.80. The van der Waals surface area contributed by atoms with E-state index in [-0.39, 0.29) is 5.91 Å². The second-order valence-corrected chi connectivity index (χ2v) is 7.66. The smallest absolute Gasteiger partial charge is 0.281 e. The third-order valence-electron chi connectivity index (χ3n) is 3.58. The molecule has 1 aliphatic rings. The van der Waals surface area contributed by atoms with Gasteiger partial charge in [-0.05, 0) is 18.6 Å². The fourth-order valence-corrected chi connectivity index (χ4v) is 3.60. The summed E-state index contributed by atoms with van der Waals surface area (Å²) in [6.45, 7) is 0.445. The van der Waals surface area contributed by atoms with Crippen molar-refractivity contribution in [1.29, 1.82) is 0 Å². The average molecular weight is 332 g/mol. The first kappa shape index (κ1) is 16.2. The zero-order chi connectivity index (χ0) is 15.8. The summed E-state index contributed by atoms with van der Waals surface area (Å²) in [5, 5.41) is 0.476. The lowest BCUT2D eigenvalue weighted by atomic mass is 10.2. The minimum atomic E-state index is -3.62. The first-order chi connectivity index (χ1) is 9.76. The van der Waals surface area contributed by atoms with Crippen molar-refractivity contribution in [3.05, 3.63) is 29.3 Å². The number of hydrogen-bond acceptors (Lipinski definition) is 3. The summed E-state index contributed by atoms with van der Waals surface area (Å²) in [5.74, 6) is -0.254. The monoisotopic (exact) mass is 331 g/mol. The molecule has 1 heterocycles. The van der Waals surface area contributed by atoms with Gasteiger partial charge in [0.15, 0.2) is 0 Å². The third kappa shape index (κ3) is 2.91. The van der Waals surface area contributed by atoms with E-state index in [1.54, 1.807) is 24.3 Å². The predicted octanol–water partition coefficient (Wildman–Crippen LogP) is 1.18. The highest BCUT2D eigenvalue weighted by Crippen LogP contribution is 2.30. The lowest BCUT2D eigenvalue weighted by Gasteiger charge is -2.26. The molecule has 116 valence electrons. The maximum atomic E-state index is 12.5. The molecule has 8 heteroatoms. The van der Waals surface area contributed by atoms with Crippen LogP contribution in [-0.2, 0) is 15.0 Å². The highest BCUT2D eigenvalue weighted by atomic mass is 35.5. The molecule has 1 aromatic carbocycles. The Morgan fingerprint density at radius 1 is 1.24 bits per heavy atom. The number of halogens is 1. The van der Waals surface area contributed by atoms with Crippen LogP contribution in [0.1, 0.15) is 6.42 Å². The molecule has 0 saturated carbocycles. The molecule has 2 rings (SSSR count). The van der Waals surface area contributed by atoms with Gasteiger partial charge < -0.3 is 4.90 Å². The molecule has 0 unspecified atom stereocenters. The molecule has 1 amide bonds. The minimum absolute atomic E-state index is 0.254. The van der Waals surface area contributed by atoms with Crippen LogP contribution >= 0.6 is 11.6 Å². The molecule has 1 aromatic rings. The largest absolute Gasteiger partial charge is 0.309 e. The van der Waals surface area contributed by atoms with E-state index in [9.17, 15) is 13.2 Å². The number of anilines is 1. The second-order valence-electron chi connectivity index (χ2n) is 5.05. The van der Waals surface area contributed by atoms with Gasteiger partial charge in [0.2, 0.25) is 5.91 Å². The summed E-state index contributed by atoms with van der Waals surface area (Å²) in [4.78, 5) is 14.0. The molecule has 0 spiro atoms. The molecule has 6 nitrogen and oxygen atoms in total. The number of likely N-dealkylation sites (N-methyl/N-ethyl adjacent to an activating group) is 1. The second kappa shape index (κ2) is 5.92. The zero-order valence-electron chi connectivity index (χ0n) is 12.2. The normalized spacial score (nSPS) is 19.8. The van der Waals surface area contributed by atoms with Crippen LogP contribution in [0.25, 0.3) is 0 Å². The molecule has 0 bridgehead atoms. The molecule has 1 fully saturated rings. The molecule has 0 N–H and O–H groups in total. The van der Waals surface area contributed by atoms with Crippen LogP contribution in [0.2, 0.25) is 5.02 Å². The number of benzene rings is 1. The maximum Gasteiger partial charge on any atom is 0.281 e. The lowest BCUT2D eigenvalue weighted by molar-refractivity contribution is -0.120. The van der Waals surface area contributed by atoms with Gasteiger partial charge >= 0.3 is 0 Å². The van der Waals surface area contributed by atoms with Crippen LogP contribution in [0.5, 0.6) is 0 Å². The van der Waals surface area contributed by atoms with Crippen LogP contribution in [0.4, 0.5) is 5.69 Å². The van der Waals surface area contributed by atoms with Crippen molar-refractivity contribution in [2.45, 2.75) is 12.5 Å². The number of para-hydroxylation sites is 1. The topological polar surface area (TPSA) is 60.9 Å². The zero-order valence-corrected chi connectivity index (χ0v) is 13.7. The Morgan fingerprint density at radius 2 is 1.86 bits per heavy atom. The van der Waals surface area contributed by atoms with Gasteiger partial charge in [0.1, 0.15) is 6.04 Å². The van der Waals surface area contributed by atoms with Gasteiger partial charge in [-0.25, -0.2) is 0 Å². The van der Waals surface area contributed by atoms with Gasteiger partial charge in [-0.2, -0.15) is 17.0 Å². The standard InChI is InChI=1S/C13H18ClN3O3S/c1-15(2)21(19,20)16(3)12-8-9-17(13(12)18)11-7-5-4-6-10(11)14/h4-7,12H,8-9H2,1-3H3/t12-/m0/s1. The van der Waals surface area contributed by atoms with E-state index >= 15 is 0 Å². The van der Waals surface area contributed by atoms with Gasteiger partial charge in [-0.3, -0.25) is 4.79 Å². The van der Waals surface area contributed by atoms with Crippen LogP contribution in [0, 0.1) is 0 Å². The van der Waals surface area contributed by atoms with Crippen LogP contribution in [0.3, 0.4) is 0 Å². The van der Waals surface area contributed by atoms with E-state index in [0.29, 0.717) is 23.7 Å². The van der Waals surface area contributed by atoms with Gasteiger partial charge in [-0.1, -0.05) is 23.7 Å². The number of rotatable bonds is 4. The fourth-order valence-electron chi connectivity index (χ4n) is 2.33. The van der Waals surface area contributed by atoms with Gasteiger partial charge in [0.05, 0.1) is 10.7 Å². The van der Waals surface area contributed by atoms with Crippen molar-refractivity contribution in [2.24, 2.45) is 0 Å². The first-order valence-corrected chi connectivity index (χ1v) is 8.25. The van der Waals surface area contributed by atoms with E-state index in [2.05, 4.69) is 0 Å². The Hall–Kier alpha value is -1.15. The molecule has 0 aliphatic carbocycles. The summed E-state index contributed by atoms with van der Waals surface area (Å²) in [6.07, 6.45) is 0.438. The molecule has 1 aliphatic heterocycles. The summed E-state index contributed by atoms with van der Waals surface area (Å²) < 4.78 is 26.5. The fraction of sp³-hybridized carbons (Fsp3) is 0.462. The maximum absolute atomic E-state index is 12.5. The number of hydrogen-bond donors (Lipinski definition) is 0. The number of carbonyl (C=O) groups excluding carboxylic acids is 1. The van der Waals surface area contributed by atoms with Crippen LogP contribution in [0.15, 0.2) is 24.3 Å². The SMILES string of the molecule is CN(C)S(=O)(=O)N(C)[C@H]1CCN(c2ccccc2Cl)C1=O. The first-order valence-electron chi connectivity index (χ1n) is 6.48. The van der Waals surface area contributed by atoms with Crippen molar-refractivity contribution in [3.8, 4) is 0 Å². The Bertz CT molecular complexity index is 648. The number of amides is 1. The lowest BCUT2D eigenvalue weighted by Crippen LogP contribution is -2.47. The van der Waals surface area contributed by atoms with E-state index in [1.165, 1.54) is 26.0 Å². The summed E-state index contributed by atoms with van der Waals surface area (Å²) in [7, 11) is 0.685. The van der Waals surface area contributed by atoms with E-state index in [0.717, 1.165) is 8.61 Å². The Balaban J connectivity index is 2.25. The molecular weight excluding hydrogens is 314 g/mol. The van der Waals surface area contributed by atoms with Crippen molar-refractivity contribution < 1.29 is 13.2 Å². The van der Waals surface area contributed by atoms with E-state index < -0.39 is 16.3 Å². The quantitative estimate of drug-likeness (QED) is 0.832. The van der Waals surface area contributed by atoms with E-state index in [1.807, 2.05) is 0 Å². The van der Waals surface area contributed by atoms with Gasteiger partial charge in [0.25, 0.3) is 10.2 Å².